The fourth-order valence-corrected chi connectivity index (χ4v) is 6.49. The van der Waals surface area contributed by atoms with E-state index in [0.29, 0.717) is 25.9 Å². The van der Waals surface area contributed by atoms with E-state index in [0.717, 1.165) is 11.3 Å². The summed E-state index contributed by atoms with van der Waals surface area (Å²) in [7, 11) is 0. The fourth-order valence-electron chi connectivity index (χ4n) is 6.49. The zero-order valence-corrected chi connectivity index (χ0v) is 27.6. The lowest BCUT2D eigenvalue weighted by atomic mass is 9.65. The Labute approximate surface area is 282 Å². The summed E-state index contributed by atoms with van der Waals surface area (Å²) in [6.45, 7) is 3.58. The molecule has 1 fully saturated rings. The number of hydrogen-bond donors (Lipinski definition) is 4. The summed E-state index contributed by atoms with van der Waals surface area (Å²) < 4.78 is 0. The van der Waals surface area contributed by atoms with Gasteiger partial charge in [-0.05, 0) is 47.2 Å². The zero-order valence-electron chi connectivity index (χ0n) is 27.6. The maximum absolute atomic E-state index is 12.9. The summed E-state index contributed by atoms with van der Waals surface area (Å²) in [5.74, 6) is -1.82. The van der Waals surface area contributed by atoms with Crippen LogP contribution in [0.2, 0.25) is 0 Å². The number of amides is 2. The first-order valence-corrected chi connectivity index (χ1v) is 16.6. The van der Waals surface area contributed by atoms with Gasteiger partial charge in [0, 0.05) is 43.2 Å². The maximum Gasteiger partial charge on any atom is 0.290 e. The van der Waals surface area contributed by atoms with Crippen molar-refractivity contribution in [3.63, 3.8) is 0 Å². The molecule has 1 aliphatic heterocycles. The molecule has 1 heterocycles. The van der Waals surface area contributed by atoms with Crippen molar-refractivity contribution >= 4 is 23.3 Å². The van der Waals surface area contributed by atoms with Gasteiger partial charge in [-0.15, -0.1) is 0 Å². The number of nitrogens with one attached hydrogen (secondary N) is 2. The number of rotatable bonds is 13. The van der Waals surface area contributed by atoms with E-state index in [-0.39, 0.29) is 25.6 Å². The second-order valence-corrected chi connectivity index (χ2v) is 13.2. The predicted octanol–water partition coefficient (Wildman–Crippen LogP) is 4.93. The smallest absolute Gasteiger partial charge is 0.290 e. The van der Waals surface area contributed by atoms with Crippen LogP contribution in [0.15, 0.2) is 115 Å². The van der Waals surface area contributed by atoms with E-state index in [4.69, 9.17) is 0 Å². The van der Waals surface area contributed by atoms with Crippen LogP contribution in [0.3, 0.4) is 0 Å². The Kier molecular flexibility index (Phi) is 11.1. The van der Waals surface area contributed by atoms with Gasteiger partial charge < -0.3 is 25.7 Å². The summed E-state index contributed by atoms with van der Waals surface area (Å²) in [4.78, 5) is 39.3. The monoisotopic (exact) mass is 647 g/mol. The predicted molar refractivity (Wildman–Crippen MR) is 187 cm³/mol. The molecule has 0 radical (unpaired) electrons. The van der Waals surface area contributed by atoms with Crippen LogP contribution >= 0.6 is 0 Å². The van der Waals surface area contributed by atoms with Gasteiger partial charge >= 0.3 is 0 Å². The molecule has 250 valence electrons. The minimum atomic E-state index is -1.42. The summed E-state index contributed by atoms with van der Waals surface area (Å²) in [6.07, 6.45) is -0.215. The number of anilines is 1. The Hall–Kier alpha value is -4.79. The number of carbonyl (C=O) groups excluding carboxylic acids is 3. The first-order valence-electron chi connectivity index (χ1n) is 16.6. The number of ketones is 1. The van der Waals surface area contributed by atoms with Crippen LogP contribution in [-0.4, -0.2) is 71.1 Å². The first kappa shape index (κ1) is 34.5. The SMILES string of the molecule is CC(C)(CO)[C@@H](O)C(=O)NCCC(=O)C(=O)N1CCC(Nc2cccc(C(c3ccccc3)(c3ccccc3)c3ccccc3)c2)CC1. The van der Waals surface area contributed by atoms with Gasteiger partial charge in [0.15, 0.2) is 0 Å². The highest BCUT2D eigenvalue weighted by molar-refractivity contribution is 6.36. The summed E-state index contributed by atoms with van der Waals surface area (Å²) in [5.41, 5.74) is 4.06. The van der Waals surface area contributed by atoms with Gasteiger partial charge in [0.25, 0.3) is 5.91 Å². The number of benzene rings is 4. The number of carbonyl (C=O) groups is 3. The zero-order chi connectivity index (χ0) is 34.1. The third-order valence-electron chi connectivity index (χ3n) is 9.35. The van der Waals surface area contributed by atoms with E-state index in [2.05, 4.69) is 108 Å². The van der Waals surface area contributed by atoms with Crippen LogP contribution in [0, 0.1) is 5.41 Å². The molecule has 0 unspecified atom stereocenters. The van der Waals surface area contributed by atoms with E-state index in [1.165, 1.54) is 16.7 Å². The van der Waals surface area contributed by atoms with Crippen LogP contribution in [0.1, 0.15) is 55.4 Å². The maximum atomic E-state index is 12.9. The lowest BCUT2D eigenvalue weighted by Gasteiger charge is -2.37. The van der Waals surface area contributed by atoms with E-state index in [1.54, 1.807) is 18.7 Å². The third-order valence-corrected chi connectivity index (χ3v) is 9.35. The Balaban J connectivity index is 1.26. The third kappa shape index (κ3) is 7.51. The first-order chi connectivity index (χ1) is 23.2. The van der Waals surface area contributed by atoms with Crippen LogP contribution in [-0.2, 0) is 19.8 Å². The van der Waals surface area contributed by atoms with Crippen molar-refractivity contribution in [1.29, 1.82) is 0 Å². The molecule has 1 saturated heterocycles. The number of aliphatic hydroxyl groups excluding tert-OH is 2. The summed E-state index contributed by atoms with van der Waals surface area (Å²) >= 11 is 0. The van der Waals surface area contributed by atoms with E-state index in [1.807, 2.05) is 18.2 Å². The summed E-state index contributed by atoms with van der Waals surface area (Å²) in [6, 6.07) is 40.4. The number of aliphatic hydroxyl groups is 2. The molecule has 5 rings (SSSR count). The molecule has 8 heteroatoms. The van der Waals surface area contributed by atoms with Gasteiger partial charge in [0.2, 0.25) is 11.7 Å². The van der Waals surface area contributed by atoms with Crippen molar-refractivity contribution in [2.45, 2.75) is 50.7 Å². The Morgan fingerprint density at radius 3 is 1.77 bits per heavy atom. The molecule has 1 aliphatic rings. The molecule has 8 nitrogen and oxygen atoms in total. The van der Waals surface area contributed by atoms with E-state index < -0.39 is 34.5 Å². The second-order valence-electron chi connectivity index (χ2n) is 13.2. The number of nitrogens with zero attached hydrogens (tertiary/aromatic N) is 1. The van der Waals surface area contributed by atoms with Crippen LogP contribution in [0.25, 0.3) is 0 Å². The molecule has 0 aliphatic carbocycles. The average molecular weight is 648 g/mol. The Morgan fingerprint density at radius 2 is 1.27 bits per heavy atom. The molecular formula is C40H45N3O5. The van der Waals surface area contributed by atoms with Crippen molar-refractivity contribution in [3.8, 4) is 0 Å². The van der Waals surface area contributed by atoms with Crippen LogP contribution in [0.4, 0.5) is 5.69 Å². The Bertz CT molecular complexity index is 1570. The van der Waals surface area contributed by atoms with Gasteiger partial charge in [-0.3, -0.25) is 14.4 Å². The number of hydrogen-bond acceptors (Lipinski definition) is 6. The molecule has 0 aromatic heterocycles. The van der Waals surface area contributed by atoms with E-state index >= 15 is 0 Å². The lowest BCUT2D eigenvalue weighted by Crippen LogP contribution is -2.47. The highest BCUT2D eigenvalue weighted by Gasteiger charge is 2.38. The largest absolute Gasteiger partial charge is 0.396 e. The van der Waals surface area contributed by atoms with Gasteiger partial charge in [-0.2, -0.15) is 0 Å². The lowest BCUT2D eigenvalue weighted by molar-refractivity contribution is -0.145. The molecule has 2 amide bonds. The van der Waals surface area contributed by atoms with E-state index in [9.17, 15) is 24.6 Å². The standard InChI is InChI=1S/C40H45N3O5/c1-39(2,28-44)36(46)37(47)41-24-21-35(45)38(48)43-25-22-33(23-26-43)42-34-20-12-19-32(27-34)40(29-13-6-3-7-14-29,30-15-8-4-9-16-30)31-17-10-5-11-18-31/h3-20,27,33,36,42,44,46H,21-26,28H2,1-2H3,(H,41,47)/t36-/m0/s1. The van der Waals surface area contributed by atoms with Gasteiger partial charge in [0.1, 0.15) is 6.10 Å². The highest BCUT2D eigenvalue weighted by atomic mass is 16.3. The minimum Gasteiger partial charge on any atom is -0.396 e. The topological polar surface area (TPSA) is 119 Å². The molecule has 48 heavy (non-hydrogen) atoms. The van der Waals surface area contributed by atoms with Crippen molar-refractivity contribution in [2.75, 3.05) is 31.6 Å². The van der Waals surface area contributed by atoms with Crippen molar-refractivity contribution in [2.24, 2.45) is 5.41 Å². The van der Waals surface area contributed by atoms with Gasteiger partial charge in [-0.1, -0.05) is 117 Å². The fraction of sp³-hybridized carbons (Fsp3) is 0.325. The average Bonchev–Trinajstić information content (AvgIpc) is 3.13. The quantitative estimate of drug-likeness (QED) is 0.121. The van der Waals surface area contributed by atoms with Crippen molar-refractivity contribution in [3.05, 3.63) is 138 Å². The van der Waals surface area contributed by atoms with Crippen molar-refractivity contribution in [1.82, 2.24) is 10.2 Å². The number of likely N-dealkylation sites (tertiary alicyclic amines) is 1. The van der Waals surface area contributed by atoms with Gasteiger partial charge in [-0.25, -0.2) is 0 Å². The molecule has 4 N–H and O–H groups in total. The van der Waals surface area contributed by atoms with Crippen molar-refractivity contribution < 1.29 is 24.6 Å². The molecule has 0 spiro atoms. The normalized spacial score (nSPS) is 14.6. The Morgan fingerprint density at radius 1 is 0.771 bits per heavy atom. The van der Waals surface area contributed by atoms with Crippen LogP contribution in [0.5, 0.6) is 0 Å². The summed E-state index contributed by atoms with van der Waals surface area (Å²) in [5, 5.41) is 25.7. The van der Waals surface area contributed by atoms with Crippen LogP contribution < -0.4 is 10.6 Å². The molecule has 0 bridgehead atoms. The second kappa shape index (κ2) is 15.4. The highest BCUT2D eigenvalue weighted by Crippen LogP contribution is 2.45. The van der Waals surface area contributed by atoms with Gasteiger partial charge in [0.05, 0.1) is 12.0 Å². The minimum absolute atomic E-state index is 0.0627. The molecular weight excluding hydrogens is 602 g/mol. The molecule has 4 aromatic carbocycles. The molecule has 1 atom stereocenters. The number of piperidine rings is 1. The number of Topliss-reactive ketones (excluding diaryl/α,β-unsaturated/α-hetero) is 1. The molecule has 4 aromatic rings. The molecule has 0 saturated carbocycles.